The maximum absolute atomic E-state index is 12.2. The number of aliphatic hydroxyl groups excluding tert-OH is 1. The van der Waals surface area contributed by atoms with Gasteiger partial charge in [-0.3, -0.25) is 4.79 Å². The largest absolute Gasteiger partial charge is 0.395 e. The van der Waals surface area contributed by atoms with Crippen molar-refractivity contribution in [2.24, 2.45) is 0 Å². The second-order valence-electron chi connectivity index (χ2n) is 4.05. The zero-order chi connectivity index (χ0) is 13.4. The number of hydrogen-bond acceptors (Lipinski definition) is 2. The van der Waals surface area contributed by atoms with Gasteiger partial charge in [0.05, 0.1) is 12.2 Å². The standard InChI is InChI=1S/C15H19NO2/c1-3-11-16(2)15(18)14-10-5-4-8-13(14)9-6-7-12-17/h4-5,8,10,17H,3,7,11-12H2,1-2H3. The Bertz CT molecular complexity index is 457. The summed E-state index contributed by atoms with van der Waals surface area (Å²) in [7, 11) is 1.80. The zero-order valence-corrected chi connectivity index (χ0v) is 10.9. The van der Waals surface area contributed by atoms with Crippen molar-refractivity contribution >= 4 is 5.91 Å². The summed E-state index contributed by atoms with van der Waals surface area (Å²) in [5, 5.41) is 8.70. The first-order valence-electron chi connectivity index (χ1n) is 6.15. The Hall–Kier alpha value is -1.79. The van der Waals surface area contributed by atoms with Crippen LogP contribution < -0.4 is 0 Å². The van der Waals surface area contributed by atoms with Crippen molar-refractivity contribution in [1.82, 2.24) is 4.90 Å². The number of benzene rings is 1. The molecule has 1 aromatic carbocycles. The van der Waals surface area contributed by atoms with E-state index in [9.17, 15) is 4.79 Å². The molecule has 1 N–H and O–H groups in total. The number of nitrogens with zero attached hydrogens (tertiary/aromatic N) is 1. The molecule has 0 aliphatic heterocycles. The Morgan fingerprint density at radius 3 is 2.78 bits per heavy atom. The van der Waals surface area contributed by atoms with Crippen LogP contribution >= 0.6 is 0 Å². The molecule has 0 atom stereocenters. The van der Waals surface area contributed by atoms with E-state index >= 15 is 0 Å². The van der Waals surface area contributed by atoms with E-state index in [1.807, 2.05) is 25.1 Å². The van der Waals surface area contributed by atoms with Crippen molar-refractivity contribution in [1.29, 1.82) is 0 Å². The van der Waals surface area contributed by atoms with Crippen LogP contribution in [0.4, 0.5) is 0 Å². The fourth-order valence-corrected chi connectivity index (χ4v) is 1.63. The highest BCUT2D eigenvalue weighted by Gasteiger charge is 2.13. The Morgan fingerprint density at radius 2 is 2.11 bits per heavy atom. The van der Waals surface area contributed by atoms with E-state index in [1.165, 1.54) is 0 Å². The number of amides is 1. The van der Waals surface area contributed by atoms with Gasteiger partial charge in [-0.2, -0.15) is 0 Å². The lowest BCUT2D eigenvalue weighted by Gasteiger charge is -2.16. The lowest BCUT2D eigenvalue weighted by molar-refractivity contribution is 0.0795. The van der Waals surface area contributed by atoms with Gasteiger partial charge in [0.2, 0.25) is 0 Å². The molecule has 0 saturated carbocycles. The van der Waals surface area contributed by atoms with Crippen LogP contribution in [0.2, 0.25) is 0 Å². The molecule has 0 spiro atoms. The number of rotatable bonds is 4. The third-order valence-corrected chi connectivity index (χ3v) is 2.52. The first-order chi connectivity index (χ1) is 8.70. The lowest BCUT2D eigenvalue weighted by Crippen LogP contribution is -2.28. The van der Waals surface area contributed by atoms with Gasteiger partial charge in [-0.1, -0.05) is 30.9 Å². The van der Waals surface area contributed by atoms with Crippen molar-refractivity contribution in [3.63, 3.8) is 0 Å². The van der Waals surface area contributed by atoms with Crippen LogP contribution in [0, 0.1) is 11.8 Å². The van der Waals surface area contributed by atoms with Crippen LogP contribution in [0.15, 0.2) is 24.3 Å². The van der Waals surface area contributed by atoms with Crippen molar-refractivity contribution in [2.75, 3.05) is 20.2 Å². The molecule has 0 aliphatic rings. The van der Waals surface area contributed by atoms with E-state index in [0.29, 0.717) is 12.0 Å². The minimum atomic E-state index is -0.00857. The van der Waals surface area contributed by atoms with Gasteiger partial charge in [0.1, 0.15) is 0 Å². The normalized spacial score (nSPS) is 9.50. The van der Waals surface area contributed by atoms with E-state index in [2.05, 4.69) is 11.8 Å². The van der Waals surface area contributed by atoms with Crippen LogP contribution in [-0.4, -0.2) is 36.1 Å². The summed E-state index contributed by atoms with van der Waals surface area (Å²) in [5.41, 5.74) is 1.35. The topological polar surface area (TPSA) is 40.5 Å². The molecule has 18 heavy (non-hydrogen) atoms. The van der Waals surface area contributed by atoms with Gasteiger partial charge in [0, 0.05) is 25.6 Å². The van der Waals surface area contributed by atoms with E-state index in [0.717, 1.165) is 18.5 Å². The molecule has 0 heterocycles. The van der Waals surface area contributed by atoms with Crippen molar-refractivity contribution < 1.29 is 9.90 Å². The predicted molar refractivity (Wildman–Crippen MR) is 72.3 cm³/mol. The first-order valence-corrected chi connectivity index (χ1v) is 6.15. The van der Waals surface area contributed by atoms with Crippen LogP contribution in [0.5, 0.6) is 0 Å². The highest BCUT2D eigenvalue weighted by atomic mass is 16.2. The number of carbonyl (C=O) groups is 1. The van der Waals surface area contributed by atoms with Gasteiger partial charge in [0.15, 0.2) is 0 Å². The van der Waals surface area contributed by atoms with Crippen molar-refractivity contribution in [3.8, 4) is 11.8 Å². The Kier molecular flexibility index (Phi) is 5.96. The zero-order valence-electron chi connectivity index (χ0n) is 10.9. The van der Waals surface area contributed by atoms with E-state index in [4.69, 9.17) is 5.11 Å². The summed E-state index contributed by atoms with van der Waals surface area (Å²) >= 11 is 0. The van der Waals surface area contributed by atoms with Gasteiger partial charge in [-0.05, 0) is 18.6 Å². The van der Waals surface area contributed by atoms with Crippen LogP contribution in [0.25, 0.3) is 0 Å². The molecule has 96 valence electrons. The highest BCUT2D eigenvalue weighted by molar-refractivity contribution is 5.96. The maximum Gasteiger partial charge on any atom is 0.254 e. The molecule has 3 nitrogen and oxygen atoms in total. The van der Waals surface area contributed by atoms with Gasteiger partial charge in [0.25, 0.3) is 5.91 Å². The average molecular weight is 245 g/mol. The molecular weight excluding hydrogens is 226 g/mol. The first kappa shape index (κ1) is 14.3. The summed E-state index contributed by atoms with van der Waals surface area (Å²) in [6, 6.07) is 7.32. The minimum Gasteiger partial charge on any atom is -0.395 e. The molecule has 1 rings (SSSR count). The summed E-state index contributed by atoms with van der Waals surface area (Å²) in [6.07, 6.45) is 1.36. The summed E-state index contributed by atoms with van der Waals surface area (Å²) in [6.45, 7) is 2.81. The average Bonchev–Trinajstić information content (AvgIpc) is 2.39. The third kappa shape index (κ3) is 3.90. The molecule has 0 aromatic heterocycles. The summed E-state index contributed by atoms with van der Waals surface area (Å²) in [5.74, 6) is 5.77. The number of aliphatic hydroxyl groups is 1. The molecule has 0 saturated heterocycles. The Morgan fingerprint density at radius 1 is 1.39 bits per heavy atom. The van der Waals surface area contributed by atoms with Gasteiger partial charge in [-0.25, -0.2) is 0 Å². The van der Waals surface area contributed by atoms with E-state index in [1.54, 1.807) is 18.0 Å². The quantitative estimate of drug-likeness (QED) is 0.823. The monoisotopic (exact) mass is 245 g/mol. The smallest absolute Gasteiger partial charge is 0.254 e. The van der Waals surface area contributed by atoms with E-state index in [-0.39, 0.29) is 12.5 Å². The molecule has 3 heteroatoms. The van der Waals surface area contributed by atoms with Crippen molar-refractivity contribution in [2.45, 2.75) is 19.8 Å². The maximum atomic E-state index is 12.2. The molecule has 0 radical (unpaired) electrons. The SMILES string of the molecule is CCCN(C)C(=O)c1ccccc1C#CCCO. The van der Waals surface area contributed by atoms with Gasteiger partial charge in [-0.15, -0.1) is 0 Å². The summed E-state index contributed by atoms with van der Waals surface area (Å²) < 4.78 is 0. The van der Waals surface area contributed by atoms with Gasteiger partial charge >= 0.3 is 0 Å². The fraction of sp³-hybridized carbons (Fsp3) is 0.400. The lowest BCUT2D eigenvalue weighted by atomic mass is 10.1. The Labute approximate surface area is 108 Å². The predicted octanol–water partition coefficient (Wildman–Crippen LogP) is 1.90. The van der Waals surface area contributed by atoms with Crippen LogP contribution in [0.1, 0.15) is 35.7 Å². The molecule has 0 bridgehead atoms. The molecule has 0 fully saturated rings. The molecule has 0 aliphatic carbocycles. The molecule has 0 unspecified atom stereocenters. The van der Waals surface area contributed by atoms with Crippen molar-refractivity contribution in [3.05, 3.63) is 35.4 Å². The third-order valence-electron chi connectivity index (χ3n) is 2.52. The highest BCUT2D eigenvalue weighted by Crippen LogP contribution is 2.10. The molecule has 1 amide bonds. The molecular formula is C15H19NO2. The van der Waals surface area contributed by atoms with Gasteiger partial charge < -0.3 is 10.0 Å². The second kappa shape index (κ2) is 7.52. The second-order valence-corrected chi connectivity index (χ2v) is 4.05. The van der Waals surface area contributed by atoms with Crippen LogP contribution in [0.3, 0.4) is 0 Å². The fourth-order valence-electron chi connectivity index (χ4n) is 1.63. The molecule has 1 aromatic rings. The van der Waals surface area contributed by atoms with E-state index < -0.39 is 0 Å². The summed E-state index contributed by atoms with van der Waals surface area (Å²) in [4.78, 5) is 13.9. The van der Waals surface area contributed by atoms with Crippen LogP contribution in [-0.2, 0) is 0 Å². The minimum absolute atomic E-state index is 0.00857. The number of hydrogen-bond donors (Lipinski definition) is 1. The number of carbonyl (C=O) groups excluding carboxylic acids is 1. The Balaban J connectivity index is 2.95.